The summed E-state index contributed by atoms with van der Waals surface area (Å²) in [5.74, 6) is 0.960. The Kier molecular flexibility index (Phi) is 5.16. The highest BCUT2D eigenvalue weighted by Crippen LogP contribution is 2.28. The Labute approximate surface area is 166 Å². The zero-order valence-corrected chi connectivity index (χ0v) is 15.5. The van der Waals surface area contributed by atoms with Crippen molar-refractivity contribution in [2.75, 3.05) is 5.32 Å². The summed E-state index contributed by atoms with van der Waals surface area (Å²) < 4.78 is 7.36. The predicted octanol–water partition coefficient (Wildman–Crippen LogP) is 4.15. The summed E-state index contributed by atoms with van der Waals surface area (Å²) in [5.41, 5.74) is 2.35. The van der Waals surface area contributed by atoms with Gasteiger partial charge < -0.3 is 9.73 Å². The summed E-state index contributed by atoms with van der Waals surface area (Å²) in [6, 6.07) is 14.7. The van der Waals surface area contributed by atoms with Crippen molar-refractivity contribution < 1.29 is 9.21 Å². The maximum atomic E-state index is 12.2. The van der Waals surface area contributed by atoms with E-state index in [4.69, 9.17) is 16.0 Å². The Balaban J connectivity index is 1.33. The van der Waals surface area contributed by atoms with Gasteiger partial charge in [0, 0.05) is 24.1 Å². The molecule has 1 N–H and O–H groups in total. The molecule has 0 aliphatic rings. The fraction of sp³-hybridized carbons (Fsp3) is 0.100. The van der Waals surface area contributed by atoms with E-state index in [9.17, 15) is 4.79 Å². The fourth-order valence-electron chi connectivity index (χ4n) is 2.69. The molecule has 0 fully saturated rings. The molecular weight excluding hydrogens is 378 g/mol. The molecule has 140 valence electrons. The largest absolute Gasteiger partial charge is 0.441 e. The van der Waals surface area contributed by atoms with Crippen LogP contribution in [0.4, 0.5) is 5.69 Å². The molecule has 2 aromatic heterocycles. The summed E-state index contributed by atoms with van der Waals surface area (Å²) in [5, 5.41) is 7.51. The number of hydrogen-bond donors (Lipinski definition) is 1. The second-order valence-electron chi connectivity index (χ2n) is 6.03. The summed E-state index contributed by atoms with van der Waals surface area (Å²) in [4.78, 5) is 20.3. The molecule has 2 aromatic carbocycles. The smallest absolute Gasteiger partial charge is 0.224 e. The third-order valence-corrected chi connectivity index (χ3v) is 4.42. The minimum Gasteiger partial charge on any atom is -0.441 e. The van der Waals surface area contributed by atoms with Crippen LogP contribution in [0.1, 0.15) is 12.3 Å². The van der Waals surface area contributed by atoms with Gasteiger partial charge in [0.2, 0.25) is 5.91 Å². The number of carbonyl (C=O) groups excluding carboxylic acids is 1. The molecule has 7 nitrogen and oxygen atoms in total. The molecule has 0 bridgehead atoms. The van der Waals surface area contributed by atoms with E-state index in [-0.39, 0.29) is 12.3 Å². The van der Waals surface area contributed by atoms with Crippen molar-refractivity contribution in [1.82, 2.24) is 19.7 Å². The highest BCUT2D eigenvalue weighted by Gasteiger charge is 2.11. The molecule has 0 atom stereocenters. The van der Waals surface area contributed by atoms with E-state index in [1.165, 1.54) is 6.33 Å². The number of rotatable bonds is 6. The zero-order valence-electron chi connectivity index (χ0n) is 14.7. The van der Waals surface area contributed by atoms with Gasteiger partial charge in [0.15, 0.2) is 11.7 Å². The van der Waals surface area contributed by atoms with Crippen LogP contribution in [0.15, 0.2) is 71.8 Å². The van der Waals surface area contributed by atoms with E-state index in [0.29, 0.717) is 28.8 Å². The molecule has 0 radical (unpaired) electrons. The van der Waals surface area contributed by atoms with Gasteiger partial charge in [-0.25, -0.2) is 14.6 Å². The first-order valence-corrected chi connectivity index (χ1v) is 9.01. The van der Waals surface area contributed by atoms with Gasteiger partial charge in [-0.2, -0.15) is 5.10 Å². The fourth-order valence-corrected chi connectivity index (χ4v) is 2.92. The van der Waals surface area contributed by atoms with Crippen LogP contribution in [0, 0.1) is 0 Å². The number of oxazole rings is 1. The second kappa shape index (κ2) is 8.06. The second-order valence-corrected chi connectivity index (χ2v) is 6.44. The Bertz CT molecular complexity index is 1070. The number of carbonyl (C=O) groups is 1. The van der Waals surface area contributed by atoms with Crippen LogP contribution in [0.2, 0.25) is 5.02 Å². The van der Waals surface area contributed by atoms with Gasteiger partial charge in [0.1, 0.15) is 12.7 Å². The highest BCUT2D eigenvalue weighted by atomic mass is 35.5. The van der Waals surface area contributed by atoms with Gasteiger partial charge in [-0.3, -0.25) is 4.79 Å². The number of aromatic nitrogens is 4. The van der Waals surface area contributed by atoms with E-state index in [1.807, 2.05) is 42.5 Å². The van der Waals surface area contributed by atoms with Gasteiger partial charge in [-0.15, -0.1) is 0 Å². The molecule has 1 amide bonds. The SMILES string of the molecule is O=C(CCc1ncc(-c2ccccc2Cl)o1)Nc1ccc(-n2cncn2)cc1. The summed E-state index contributed by atoms with van der Waals surface area (Å²) in [6.07, 6.45) is 5.36. The van der Waals surface area contributed by atoms with Crippen molar-refractivity contribution >= 4 is 23.2 Å². The number of halogens is 1. The van der Waals surface area contributed by atoms with E-state index >= 15 is 0 Å². The van der Waals surface area contributed by atoms with E-state index < -0.39 is 0 Å². The van der Waals surface area contributed by atoms with E-state index in [2.05, 4.69) is 20.4 Å². The summed E-state index contributed by atoms with van der Waals surface area (Å²) in [6.45, 7) is 0. The summed E-state index contributed by atoms with van der Waals surface area (Å²) >= 11 is 6.17. The number of benzene rings is 2. The van der Waals surface area contributed by atoms with Crippen LogP contribution in [-0.4, -0.2) is 25.7 Å². The topological polar surface area (TPSA) is 85.8 Å². The van der Waals surface area contributed by atoms with Gasteiger partial charge >= 0.3 is 0 Å². The lowest BCUT2D eigenvalue weighted by atomic mass is 10.2. The number of nitrogens with one attached hydrogen (secondary N) is 1. The lowest BCUT2D eigenvalue weighted by molar-refractivity contribution is -0.116. The van der Waals surface area contributed by atoms with Crippen LogP contribution in [0.25, 0.3) is 17.0 Å². The maximum Gasteiger partial charge on any atom is 0.224 e. The lowest BCUT2D eigenvalue weighted by Gasteiger charge is -2.06. The molecule has 0 saturated heterocycles. The van der Waals surface area contributed by atoms with Crippen LogP contribution in [-0.2, 0) is 11.2 Å². The van der Waals surface area contributed by atoms with Crippen molar-refractivity contribution in [1.29, 1.82) is 0 Å². The van der Waals surface area contributed by atoms with Gasteiger partial charge in [-0.05, 0) is 36.4 Å². The maximum absolute atomic E-state index is 12.2. The third-order valence-electron chi connectivity index (χ3n) is 4.09. The predicted molar refractivity (Wildman–Crippen MR) is 105 cm³/mol. The molecule has 28 heavy (non-hydrogen) atoms. The lowest BCUT2D eigenvalue weighted by Crippen LogP contribution is -2.12. The molecule has 8 heteroatoms. The Morgan fingerprint density at radius 3 is 2.71 bits per heavy atom. The zero-order chi connectivity index (χ0) is 19.3. The molecule has 0 spiro atoms. The number of nitrogens with zero attached hydrogens (tertiary/aromatic N) is 4. The number of hydrogen-bond acceptors (Lipinski definition) is 5. The molecule has 0 aliphatic heterocycles. The standard InChI is InChI=1S/C20H16ClN5O2/c21-17-4-2-1-3-16(17)18-11-23-20(28-18)10-9-19(27)25-14-5-7-15(8-6-14)26-13-22-12-24-26/h1-8,11-13H,9-10H2,(H,25,27). The average Bonchev–Trinajstić information content (AvgIpc) is 3.40. The first-order valence-electron chi connectivity index (χ1n) is 8.63. The molecule has 4 rings (SSSR count). The monoisotopic (exact) mass is 393 g/mol. The first-order chi connectivity index (χ1) is 13.7. The van der Waals surface area contributed by atoms with Crippen molar-refractivity contribution in [2.45, 2.75) is 12.8 Å². The minimum atomic E-state index is -0.119. The Morgan fingerprint density at radius 2 is 1.96 bits per heavy atom. The third kappa shape index (κ3) is 4.10. The molecule has 0 unspecified atom stereocenters. The molecule has 0 aliphatic carbocycles. The minimum absolute atomic E-state index is 0.119. The number of aryl methyl sites for hydroxylation is 1. The van der Waals surface area contributed by atoms with Crippen molar-refractivity contribution in [3.63, 3.8) is 0 Å². The van der Waals surface area contributed by atoms with E-state index in [1.54, 1.807) is 23.3 Å². The van der Waals surface area contributed by atoms with E-state index in [0.717, 1.165) is 11.3 Å². The first kappa shape index (κ1) is 17.9. The van der Waals surface area contributed by atoms with Crippen molar-refractivity contribution in [3.8, 4) is 17.0 Å². The normalized spacial score (nSPS) is 10.8. The van der Waals surface area contributed by atoms with Crippen molar-refractivity contribution in [2.24, 2.45) is 0 Å². The van der Waals surface area contributed by atoms with Crippen LogP contribution in [0.3, 0.4) is 0 Å². The van der Waals surface area contributed by atoms with Gasteiger partial charge in [0.25, 0.3) is 0 Å². The summed E-state index contributed by atoms with van der Waals surface area (Å²) in [7, 11) is 0. The number of amides is 1. The molecule has 2 heterocycles. The average molecular weight is 394 g/mol. The van der Waals surface area contributed by atoms with Crippen molar-refractivity contribution in [3.05, 3.63) is 78.3 Å². The van der Waals surface area contributed by atoms with Gasteiger partial charge in [0.05, 0.1) is 16.9 Å². The van der Waals surface area contributed by atoms with Crippen LogP contribution < -0.4 is 5.32 Å². The molecular formula is C20H16ClN5O2. The molecule has 0 saturated carbocycles. The Morgan fingerprint density at radius 1 is 1.14 bits per heavy atom. The Hall–Kier alpha value is -3.45. The van der Waals surface area contributed by atoms with Crippen LogP contribution >= 0.6 is 11.6 Å². The van der Waals surface area contributed by atoms with Crippen LogP contribution in [0.5, 0.6) is 0 Å². The molecule has 4 aromatic rings. The highest BCUT2D eigenvalue weighted by molar-refractivity contribution is 6.33. The quantitative estimate of drug-likeness (QED) is 0.532. The van der Waals surface area contributed by atoms with Gasteiger partial charge in [-0.1, -0.05) is 23.7 Å². The number of anilines is 1.